The van der Waals surface area contributed by atoms with Crippen molar-refractivity contribution in [2.75, 3.05) is 19.6 Å². The summed E-state index contributed by atoms with van der Waals surface area (Å²) in [6.45, 7) is 5.55. The number of likely N-dealkylation sites (tertiary alicyclic amines) is 2. The predicted octanol–water partition coefficient (Wildman–Crippen LogP) is 3.29. The van der Waals surface area contributed by atoms with Gasteiger partial charge in [0.05, 0.1) is 5.92 Å². The largest absolute Gasteiger partial charge is 0.354 e. The van der Waals surface area contributed by atoms with Crippen LogP contribution >= 0.6 is 0 Å². The lowest BCUT2D eigenvalue weighted by Crippen LogP contribution is -2.71. The van der Waals surface area contributed by atoms with Crippen LogP contribution in [0.2, 0.25) is 0 Å². The minimum absolute atomic E-state index is 0.239. The van der Waals surface area contributed by atoms with Crippen LogP contribution in [0.4, 0.5) is 4.79 Å². The molecule has 1 aromatic carbocycles. The van der Waals surface area contributed by atoms with Gasteiger partial charge in [0, 0.05) is 37.4 Å². The number of rotatable bonds is 6. The van der Waals surface area contributed by atoms with Gasteiger partial charge in [0.15, 0.2) is 0 Å². The zero-order valence-electron chi connectivity index (χ0n) is 19.4. The van der Waals surface area contributed by atoms with Crippen LogP contribution in [0, 0.1) is 12.8 Å². The van der Waals surface area contributed by atoms with Gasteiger partial charge in [-0.05, 0) is 55.9 Å². The van der Waals surface area contributed by atoms with E-state index in [0.717, 1.165) is 30.5 Å². The van der Waals surface area contributed by atoms with Crippen LogP contribution in [0.15, 0.2) is 48.7 Å². The molecule has 2 saturated heterocycles. The number of piperidine rings is 1. The number of carbonyl (C=O) groups excluding carboxylic acids is 3. The van der Waals surface area contributed by atoms with Gasteiger partial charge in [-0.3, -0.25) is 19.5 Å². The molecule has 3 heterocycles. The van der Waals surface area contributed by atoms with Crippen LogP contribution in [0.5, 0.6) is 0 Å². The fraction of sp³-hybridized carbons (Fsp3) is 0.462. The number of carbonyl (C=O) groups is 3. The van der Waals surface area contributed by atoms with E-state index in [9.17, 15) is 14.4 Å². The number of β-lactam (4-membered cyclic amide) rings is 1. The standard InChI is InChI=1S/C26H32N4O3/c1-3-12-28-24(31)23-22(16-19-11-13-27-18(2)15-19)25(32)30(23)26(33)29-14-7-10-21(17-29)20-8-5-4-6-9-20/h4-6,8-9,11,13,15,21-23H,3,7,10,12,14,16-17H2,1-2H3,(H,28,31)/t21-,22-,23+/m1/s1. The van der Waals surface area contributed by atoms with Crippen LogP contribution in [-0.2, 0) is 16.0 Å². The van der Waals surface area contributed by atoms with Gasteiger partial charge in [0.1, 0.15) is 6.04 Å². The number of aromatic nitrogens is 1. The number of pyridine rings is 1. The van der Waals surface area contributed by atoms with Crippen molar-refractivity contribution >= 4 is 17.8 Å². The summed E-state index contributed by atoms with van der Waals surface area (Å²) in [5.74, 6) is -0.823. The monoisotopic (exact) mass is 448 g/mol. The van der Waals surface area contributed by atoms with Crippen LogP contribution in [0.25, 0.3) is 0 Å². The van der Waals surface area contributed by atoms with Gasteiger partial charge >= 0.3 is 6.03 Å². The highest BCUT2D eigenvalue weighted by Gasteiger charge is 2.55. The number of hydrogen-bond acceptors (Lipinski definition) is 4. The zero-order chi connectivity index (χ0) is 23.4. The van der Waals surface area contributed by atoms with E-state index in [1.165, 1.54) is 10.5 Å². The summed E-state index contributed by atoms with van der Waals surface area (Å²) in [6, 6.07) is 12.8. The van der Waals surface area contributed by atoms with E-state index in [0.29, 0.717) is 26.1 Å². The first kappa shape index (κ1) is 23.0. The van der Waals surface area contributed by atoms with Crippen LogP contribution in [0.1, 0.15) is 48.9 Å². The Labute approximate surface area is 195 Å². The molecule has 2 fully saturated rings. The third-order valence-corrected chi connectivity index (χ3v) is 6.62. The summed E-state index contributed by atoms with van der Waals surface area (Å²) < 4.78 is 0. The normalized spacial score (nSPS) is 22.6. The van der Waals surface area contributed by atoms with Gasteiger partial charge < -0.3 is 10.2 Å². The van der Waals surface area contributed by atoms with Crippen molar-refractivity contribution in [2.45, 2.75) is 51.5 Å². The number of aryl methyl sites for hydroxylation is 1. The maximum atomic E-state index is 13.4. The molecular formula is C26H32N4O3. The predicted molar refractivity (Wildman–Crippen MR) is 125 cm³/mol. The van der Waals surface area contributed by atoms with E-state index >= 15 is 0 Å². The highest BCUT2D eigenvalue weighted by atomic mass is 16.2. The Balaban J connectivity index is 1.51. The SMILES string of the molecule is CCCNC(=O)[C@@H]1[C@@H](Cc2ccnc(C)c2)C(=O)N1C(=O)N1CCC[C@@H](c2ccccc2)C1. The molecule has 2 aromatic rings. The van der Waals surface area contributed by atoms with Gasteiger partial charge in [0.2, 0.25) is 11.8 Å². The number of urea groups is 1. The van der Waals surface area contributed by atoms with E-state index in [2.05, 4.69) is 22.4 Å². The first-order chi connectivity index (χ1) is 16.0. The van der Waals surface area contributed by atoms with E-state index < -0.39 is 12.0 Å². The molecule has 0 saturated carbocycles. The van der Waals surface area contributed by atoms with E-state index in [1.807, 2.05) is 44.2 Å². The Morgan fingerprint density at radius 1 is 1.18 bits per heavy atom. The summed E-state index contributed by atoms with van der Waals surface area (Å²) in [7, 11) is 0. The molecular weight excluding hydrogens is 416 g/mol. The Morgan fingerprint density at radius 2 is 1.97 bits per heavy atom. The molecule has 2 aliphatic heterocycles. The molecule has 0 unspecified atom stereocenters. The Bertz CT molecular complexity index is 1010. The summed E-state index contributed by atoms with van der Waals surface area (Å²) in [5, 5.41) is 2.89. The molecule has 7 nitrogen and oxygen atoms in total. The summed E-state index contributed by atoms with van der Waals surface area (Å²) in [5.41, 5.74) is 3.01. The molecule has 174 valence electrons. The van der Waals surface area contributed by atoms with Crippen molar-refractivity contribution in [3.8, 4) is 0 Å². The van der Waals surface area contributed by atoms with E-state index in [-0.39, 0.29) is 23.8 Å². The van der Waals surface area contributed by atoms with Gasteiger partial charge in [-0.25, -0.2) is 4.79 Å². The first-order valence-corrected chi connectivity index (χ1v) is 11.9. The number of amides is 4. The average Bonchev–Trinajstić information content (AvgIpc) is 2.84. The molecule has 0 bridgehead atoms. The molecule has 7 heteroatoms. The second-order valence-corrected chi connectivity index (χ2v) is 9.04. The third-order valence-electron chi connectivity index (χ3n) is 6.62. The molecule has 4 rings (SSSR count). The maximum absolute atomic E-state index is 13.4. The second-order valence-electron chi connectivity index (χ2n) is 9.04. The molecule has 0 aliphatic carbocycles. The Hall–Kier alpha value is -3.22. The fourth-order valence-corrected chi connectivity index (χ4v) is 4.90. The van der Waals surface area contributed by atoms with Gasteiger partial charge in [-0.1, -0.05) is 37.3 Å². The van der Waals surface area contributed by atoms with Gasteiger partial charge in [-0.15, -0.1) is 0 Å². The van der Waals surface area contributed by atoms with Crippen molar-refractivity contribution in [1.82, 2.24) is 20.1 Å². The first-order valence-electron chi connectivity index (χ1n) is 11.9. The molecule has 1 N–H and O–H groups in total. The minimum Gasteiger partial charge on any atom is -0.354 e. The highest BCUT2D eigenvalue weighted by molar-refractivity contribution is 6.09. The quantitative estimate of drug-likeness (QED) is 0.688. The Kier molecular flexibility index (Phi) is 7.06. The minimum atomic E-state index is -0.776. The number of nitrogens with zero attached hydrogens (tertiary/aromatic N) is 3. The molecule has 0 radical (unpaired) electrons. The summed E-state index contributed by atoms with van der Waals surface area (Å²) >= 11 is 0. The second kappa shape index (κ2) is 10.1. The molecule has 1 aromatic heterocycles. The maximum Gasteiger partial charge on any atom is 0.327 e. The lowest BCUT2D eigenvalue weighted by molar-refractivity contribution is -0.158. The fourth-order valence-electron chi connectivity index (χ4n) is 4.90. The van der Waals surface area contributed by atoms with Gasteiger partial charge in [0.25, 0.3) is 0 Å². The van der Waals surface area contributed by atoms with Crippen molar-refractivity contribution in [2.24, 2.45) is 5.92 Å². The van der Waals surface area contributed by atoms with Crippen molar-refractivity contribution in [1.29, 1.82) is 0 Å². The molecule has 33 heavy (non-hydrogen) atoms. The number of imide groups is 1. The van der Waals surface area contributed by atoms with Crippen molar-refractivity contribution in [3.05, 3.63) is 65.5 Å². The molecule has 0 spiro atoms. The van der Waals surface area contributed by atoms with E-state index in [4.69, 9.17) is 0 Å². The van der Waals surface area contributed by atoms with Crippen molar-refractivity contribution < 1.29 is 14.4 Å². The smallest absolute Gasteiger partial charge is 0.327 e. The van der Waals surface area contributed by atoms with E-state index in [1.54, 1.807) is 11.1 Å². The summed E-state index contributed by atoms with van der Waals surface area (Å²) in [4.78, 5) is 46.7. The molecule has 4 amide bonds. The number of hydrogen-bond donors (Lipinski definition) is 1. The summed E-state index contributed by atoms with van der Waals surface area (Å²) in [6.07, 6.45) is 4.80. The lowest BCUT2D eigenvalue weighted by Gasteiger charge is -2.47. The number of nitrogens with one attached hydrogen (secondary N) is 1. The number of benzene rings is 1. The van der Waals surface area contributed by atoms with Crippen LogP contribution in [0.3, 0.4) is 0 Å². The van der Waals surface area contributed by atoms with Crippen LogP contribution in [-0.4, -0.2) is 58.3 Å². The van der Waals surface area contributed by atoms with Gasteiger partial charge in [-0.2, -0.15) is 0 Å². The topological polar surface area (TPSA) is 82.6 Å². The van der Waals surface area contributed by atoms with Crippen molar-refractivity contribution in [3.63, 3.8) is 0 Å². The molecule has 2 aliphatic rings. The molecule has 3 atom stereocenters. The average molecular weight is 449 g/mol. The zero-order valence-corrected chi connectivity index (χ0v) is 19.4. The highest BCUT2D eigenvalue weighted by Crippen LogP contribution is 2.34. The van der Waals surface area contributed by atoms with Crippen LogP contribution < -0.4 is 5.32 Å². The lowest BCUT2D eigenvalue weighted by atomic mass is 9.81. The third kappa shape index (κ3) is 4.92. The Morgan fingerprint density at radius 3 is 2.70 bits per heavy atom.